The van der Waals surface area contributed by atoms with Crippen molar-refractivity contribution in [2.45, 2.75) is 70.5 Å². The number of halogens is 10. The molecule has 1 saturated carbocycles. The number of hydrogen-bond acceptors (Lipinski definition) is 3. The van der Waals surface area contributed by atoms with Crippen molar-refractivity contribution in [3.63, 3.8) is 0 Å². The van der Waals surface area contributed by atoms with Gasteiger partial charge < -0.3 is 14.2 Å². The molecule has 0 aliphatic heterocycles. The molecular formula is C28H28F10O3. The van der Waals surface area contributed by atoms with Crippen LogP contribution >= 0.6 is 0 Å². The quantitative estimate of drug-likeness (QED) is 0.169. The highest BCUT2D eigenvalue weighted by atomic mass is 19.3. The molecule has 228 valence electrons. The minimum absolute atomic E-state index is 0.135. The van der Waals surface area contributed by atoms with E-state index in [9.17, 15) is 43.9 Å². The van der Waals surface area contributed by atoms with Crippen LogP contribution in [0.15, 0.2) is 36.6 Å². The molecule has 0 unspecified atom stereocenters. The van der Waals surface area contributed by atoms with Gasteiger partial charge in [0.15, 0.2) is 23.6 Å². The summed E-state index contributed by atoms with van der Waals surface area (Å²) in [7, 11) is 0. The zero-order valence-corrected chi connectivity index (χ0v) is 21.9. The zero-order valence-electron chi connectivity index (χ0n) is 21.9. The van der Waals surface area contributed by atoms with E-state index < -0.39 is 77.6 Å². The van der Waals surface area contributed by atoms with Gasteiger partial charge in [-0.15, -0.1) is 0 Å². The summed E-state index contributed by atoms with van der Waals surface area (Å²) in [6, 6.07) is 1.23. The molecule has 0 aromatic heterocycles. The van der Waals surface area contributed by atoms with Crippen molar-refractivity contribution >= 4 is 0 Å². The van der Waals surface area contributed by atoms with Crippen molar-refractivity contribution in [3.8, 4) is 11.5 Å². The van der Waals surface area contributed by atoms with Crippen molar-refractivity contribution in [1.82, 2.24) is 0 Å². The molecule has 3 nitrogen and oxygen atoms in total. The predicted molar refractivity (Wildman–Crippen MR) is 128 cm³/mol. The summed E-state index contributed by atoms with van der Waals surface area (Å²) in [5, 5.41) is 0. The summed E-state index contributed by atoms with van der Waals surface area (Å²) in [4.78, 5) is 0. The third-order valence-electron chi connectivity index (χ3n) is 6.85. The fourth-order valence-corrected chi connectivity index (χ4v) is 4.76. The maximum atomic E-state index is 14.6. The lowest BCUT2D eigenvalue weighted by Crippen LogP contribution is -2.35. The number of hydrogen-bond donors (Lipinski definition) is 0. The van der Waals surface area contributed by atoms with Crippen molar-refractivity contribution in [3.05, 3.63) is 71.0 Å². The molecule has 0 spiro atoms. The van der Waals surface area contributed by atoms with E-state index in [2.05, 4.69) is 16.4 Å². The summed E-state index contributed by atoms with van der Waals surface area (Å²) in [5.74, 6) is -10.3. The van der Waals surface area contributed by atoms with Crippen LogP contribution in [-0.4, -0.2) is 12.7 Å². The molecule has 0 radical (unpaired) electrons. The van der Waals surface area contributed by atoms with Crippen LogP contribution < -0.4 is 9.47 Å². The number of unbranched alkanes of at least 4 members (excludes halogenated alkanes) is 1. The van der Waals surface area contributed by atoms with Gasteiger partial charge in [0, 0.05) is 12.1 Å². The molecule has 0 N–H and O–H groups in total. The van der Waals surface area contributed by atoms with E-state index in [1.165, 1.54) is 0 Å². The molecule has 1 aliphatic carbocycles. The Balaban J connectivity index is 1.63. The number of rotatable bonds is 13. The lowest BCUT2D eigenvalue weighted by atomic mass is 9.79. The van der Waals surface area contributed by atoms with E-state index in [-0.39, 0.29) is 36.8 Å². The van der Waals surface area contributed by atoms with E-state index in [0.29, 0.717) is 30.9 Å². The average molecular weight is 603 g/mol. The van der Waals surface area contributed by atoms with Gasteiger partial charge in [-0.05, 0) is 55.7 Å². The summed E-state index contributed by atoms with van der Waals surface area (Å²) in [5.41, 5.74) is -2.17. The van der Waals surface area contributed by atoms with Crippen molar-refractivity contribution in [2.24, 2.45) is 11.8 Å². The van der Waals surface area contributed by atoms with Crippen molar-refractivity contribution in [1.29, 1.82) is 0 Å². The SMILES string of the molecule is CCCCC1CCC(C(F)(F)OCCc2cc(F)c(C(F)(F)Oc3cc(F)c(OC=C(F)F)c(F)c3)c(F)c2)CC1. The van der Waals surface area contributed by atoms with Crippen LogP contribution in [0.5, 0.6) is 11.5 Å². The lowest BCUT2D eigenvalue weighted by molar-refractivity contribution is -0.276. The van der Waals surface area contributed by atoms with Gasteiger partial charge in [-0.3, -0.25) is 0 Å². The highest BCUT2D eigenvalue weighted by Crippen LogP contribution is 2.41. The molecule has 0 bridgehead atoms. The highest BCUT2D eigenvalue weighted by Gasteiger charge is 2.43. The minimum atomic E-state index is -4.79. The fraction of sp³-hybridized carbons (Fsp3) is 0.500. The first-order chi connectivity index (χ1) is 19.2. The first-order valence-corrected chi connectivity index (χ1v) is 13.0. The lowest BCUT2D eigenvalue weighted by Gasteiger charge is -2.33. The third kappa shape index (κ3) is 8.76. The van der Waals surface area contributed by atoms with Gasteiger partial charge in [0.05, 0.1) is 12.5 Å². The Morgan fingerprint density at radius 1 is 0.878 bits per heavy atom. The largest absolute Gasteiger partial charge is 0.453 e. The number of alkyl halides is 4. The molecule has 41 heavy (non-hydrogen) atoms. The van der Waals surface area contributed by atoms with Gasteiger partial charge in [0.1, 0.15) is 22.9 Å². The Kier molecular flexibility index (Phi) is 11.0. The zero-order chi connectivity index (χ0) is 30.4. The second-order valence-corrected chi connectivity index (χ2v) is 9.81. The smallest absolute Gasteiger partial charge is 0.432 e. The van der Waals surface area contributed by atoms with Crippen LogP contribution in [0.4, 0.5) is 43.9 Å². The van der Waals surface area contributed by atoms with Crippen LogP contribution in [0.1, 0.15) is 63.0 Å². The topological polar surface area (TPSA) is 27.7 Å². The third-order valence-corrected chi connectivity index (χ3v) is 6.85. The summed E-state index contributed by atoms with van der Waals surface area (Å²) < 4.78 is 152. The first kappa shape index (κ1) is 32.6. The Morgan fingerprint density at radius 2 is 1.46 bits per heavy atom. The van der Waals surface area contributed by atoms with E-state index in [0.717, 1.165) is 19.3 Å². The van der Waals surface area contributed by atoms with Gasteiger partial charge in [0.2, 0.25) is 0 Å². The first-order valence-electron chi connectivity index (χ1n) is 13.0. The maximum Gasteiger partial charge on any atom is 0.432 e. The Bertz CT molecular complexity index is 1160. The summed E-state index contributed by atoms with van der Waals surface area (Å²) in [6.07, 6.45) is -6.48. The molecule has 13 heteroatoms. The van der Waals surface area contributed by atoms with Gasteiger partial charge in [-0.2, -0.15) is 26.3 Å². The molecule has 3 rings (SSSR count). The number of ether oxygens (including phenoxy) is 3. The van der Waals surface area contributed by atoms with Crippen LogP contribution in [0, 0.1) is 35.1 Å². The average Bonchev–Trinajstić information content (AvgIpc) is 2.86. The van der Waals surface area contributed by atoms with E-state index >= 15 is 0 Å². The molecule has 0 amide bonds. The fourth-order valence-electron chi connectivity index (χ4n) is 4.76. The van der Waals surface area contributed by atoms with E-state index in [1.807, 2.05) is 0 Å². The molecule has 0 heterocycles. The van der Waals surface area contributed by atoms with Crippen LogP contribution in [0.2, 0.25) is 0 Å². The molecule has 1 aliphatic rings. The molecule has 2 aromatic carbocycles. The van der Waals surface area contributed by atoms with Gasteiger partial charge in [-0.1, -0.05) is 26.2 Å². The van der Waals surface area contributed by atoms with Crippen LogP contribution in [0.25, 0.3) is 0 Å². The molecule has 2 aromatic rings. The Morgan fingerprint density at radius 3 is 2.00 bits per heavy atom. The van der Waals surface area contributed by atoms with E-state index in [4.69, 9.17) is 4.74 Å². The van der Waals surface area contributed by atoms with Gasteiger partial charge in [-0.25, -0.2) is 17.6 Å². The van der Waals surface area contributed by atoms with Crippen molar-refractivity contribution < 1.29 is 58.1 Å². The molecule has 1 fully saturated rings. The van der Waals surface area contributed by atoms with Crippen molar-refractivity contribution in [2.75, 3.05) is 6.61 Å². The molecular weight excluding hydrogens is 574 g/mol. The Hall–Kier alpha value is -2.96. The molecule has 0 atom stereocenters. The Labute approximate surface area is 230 Å². The van der Waals surface area contributed by atoms with Gasteiger partial charge >= 0.3 is 18.3 Å². The minimum Gasteiger partial charge on any atom is -0.453 e. The van der Waals surface area contributed by atoms with Crippen LogP contribution in [0.3, 0.4) is 0 Å². The second kappa shape index (κ2) is 13.8. The highest BCUT2D eigenvalue weighted by molar-refractivity contribution is 5.36. The number of benzene rings is 2. The molecule has 0 saturated heterocycles. The second-order valence-electron chi connectivity index (χ2n) is 9.81. The summed E-state index contributed by atoms with van der Waals surface area (Å²) in [6.45, 7) is 1.42. The van der Waals surface area contributed by atoms with E-state index in [1.54, 1.807) is 0 Å². The van der Waals surface area contributed by atoms with Gasteiger partial charge in [0.25, 0.3) is 0 Å². The predicted octanol–water partition coefficient (Wildman–Crippen LogP) is 9.64. The standard InChI is InChI=1S/C28H28F10O3/c1-2-3-4-16-5-7-18(8-6-16)27(35,36)40-10-9-17-11-20(29)25(21(30)12-17)28(37,38)41-19-13-22(31)26(23(32)14-19)39-15-24(33)34/h11-16,18H,2-10H2,1H3. The normalized spacial score (nSPS) is 17.8. The summed E-state index contributed by atoms with van der Waals surface area (Å²) >= 11 is 0. The van der Waals surface area contributed by atoms with Crippen LogP contribution in [-0.2, 0) is 17.3 Å². The maximum absolute atomic E-state index is 14.6. The monoisotopic (exact) mass is 602 g/mol.